The van der Waals surface area contributed by atoms with Crippen molar-refractivity contribution < 1.29 is 23.9 Å². The second kappa shape index (κ2) is 8.70. The molecular weight excluding hydrogens is 348 g/mol. The number of carbonyl (C=O) groups excluding carboxylic acids is 3. The van der Waals surface area contributed by atoms with Crippen molar-refractivity contribution in [3.05, 3.63) is 42.0 Å². The summed E-state index contributed by atoms with van der Waals surface area (Å²) in [5.41, 5.74) is 0.254. The Morgan fingerprint density at radius 1 is 1.26 bits per heavy atom. The number of nitrogens with zero attached hydrogens (tertiary/aromatic N) is 1. The standard InChI is InChI=1S/C20H26N2O5/c1-5-6-11-26-17(23)12-22-18(24)20(4,21-19(22)25)15-7-9-16(10-8-15)27-13-14(2)3/h7-10H,2,5-6,11-13H2,1,3-4H3,(H,21,25). The summed E-state index contributed by atoms with van der Waals surface area (Å²) in [6.45, 7) is 9.51. The molecular formula is C20H26N2O5. The Labute approximate surface area is 159 Å². The Balaban J connectivity index is 2.06. The number of ether oxygens (including phenoxy) is 2. The Morgan fingerprint density at radius 2 is 1.93 bits per heavy atom. The summed E-state index contributed by atoms with van der Waals surface area (Å²) in [6, 6.07) is 6.27. The zero-order valence-corrected chi connectivity index (χ0v) is 16.0. The van der Waals surface area contributed by atoms with E-state index >= 15 is 0 Å². The lowest BCUT2D eigenvalue weighted by molar-refractivity contribution is -0.147. The van der Waals surface area contributed by atoms with Crippen molar-refractivity contribution in [3.8, 4) is 5.75 Å². The Kier molecular flexibility index (Phi) is 6.60. The maximum absolute atomic E-state index is 12.8. The molecule has 0 spiro atoms. The third kappa shape index (κ3) is 4.87. The summed E-state index contributed by atoms with van der Waals surface area (Å²) < 4.78 is 10.6. The van der Waals surface area contributed by atoms with Gasteiger partial charge in [0.1, 0.15) is 24.4 Å². The molecule has 1 N–H and O–H groups in total. The number of hydrogen-bond donors (Lipinski definition) is 1. The number of carbonyl (C=O) groups is 3. The summed E-state index contributed by atoms with van der Waals surface area (Å²) in [7, 11) is 0. The molecule has 0 aliphatic carbocycles. The van der Waals surface area contributed by atoms with E-state index in [-0.39, 0.29) is 6.61 Å². The molecule has 0 radical (unpaired) electrons. The second-order valence-corrected chi connectivity index (χ2v) is 6.79. The van der Waals surface area contributed by atoms with Crippen LogP contribution in [-0.4, -0.2) is 42.6 Å². The summed E-state index contributed by atoms with van der Waals surface area (Å²) >= 11 is 0. The van der Waals surface area contributed by atoms with E-state index in [2.05, 4.69) is 11.9 Å². The zero-order valence-electron chi connectivity index (χ0n) is 16.0. The predicted molar refractivity (Wildman–Crippen MR) is 100 cm³/mol. The van der Waals surface area contributed by atoms with Crippen LogP contribution in [0.5, 0.6) is 5.75 Å². The van der Waals surface area contributed by atoms with Gasteiger partial charge in [0.2, 0.25) is 0 Å². The van der Waals surface area contributed by atoms with E-state index in [9.17, 15) is 14.4 Å². The molecule has 3 amide bonds. The van der Waals surface area contributed by atoms with Crippen LogP contribution in [0, 0.1) is 0 Å². The minimum Gasteiger partial charge on any atom is -0.489 e. The van der Waals surface area contributed by atoms with Gasteiger partial charge in [0.05, 0.1) is 6.61 Å². The van der Waals surface area contributed by atoms with Crippen LogP contribution in [0.25, 0.3) is 0 Å². The molecule has 7 heteroatoms. The highest BCUT2D eigenvalue weighted by Crippen LogP contribution is 2.30. The number of urea groups is 1. The summed E-state index contributed by atoms with van der Waals surface area (Å²) in [5, 5.41) is 2.66. The molecule has 1 aliphatic rings. The fourth-order valence-electron chi connectivity index (χ4n) is 2.63. The number of benzene rings is 1. The van der Waals surface area contributed by atoms with E-state index in [1.54, 1.807) is 31.2 Å². The molecule has 7 nitrogen and oxygen atoms in total. The Hall–Kier alpha value is -2.83. The summed E-state index contributed by atoms with van der Waals surface area (Å²) in [4.78, 5) is 37.8. The number of rotatable bonds is 9. The molecule has 27 heavy (non-hydrogen) atoms. The van der Waals surface area contributed by atoms with E-state index in [1.165, 1.54) is 0 Å². The van der Waals surface area contributed by atoms with Gasteiger partial charge in [0, 0.05) is 0 Å². The molecule has 1 aliphatic heterocycles. The van der Waals surface area contributed by atoms with Crippen LogP contribution in [0.4, 0.5) is 4.79 Å². The highest BCUT2D eigenvalue weighted by Gasteiger charge is 2.49. The highest BCUT2D eigenvalue weighted by molar-refractivity contribution is 6.08. The Bertz CT molecular complexity index is 728. The van der Waals surface area contributed by atoms with Crippen molar-refractivity contribution >= 4 is 17.9 Å². The molecule has 2 rings (SSSR count). The van der Waals surface area contributed by atoms with Crippen LogP contribution in [0.3, 0.4) is 0 Å². The molecule has 1 saturated heterocycles. The minimum atomic E-state index is -1.24. The van der Waals surface area contributed by atoms with Crippen molar-refractivity contribution in [2.24, 2.45) is 0 Å². The molecule has 1 fully saturated rings. The van der Waals surface area contributed by atoms with Gasteiger partial charge in [0.25, 0.3) is 5.91 Å². The van der Waals surface area contributed by atoms with Crippen molar-refractivity contribution in [2.75, 3.05) is 19.8 Å². The van der Waals surface area contributed by atoms with Crippen molar-refractivity contribution in [3.63, 3.8) is 0 Å². The van der Waals surface area contributed by atoms with Gasteiger partial charge in [-0.15, -0.1) is 0 Å². The average molecular weight is 374 g/mol. The van der Waals surface area contributed by atoms with E-state index in [0.717, 1.165) is 23.3 Å². The number of nitrogens with one attached hydrogen (secondary N) is 1. The molecule has 0 bridgehead atoms. The summed E-state index contributed by atoms with van der Waals surface area (Å²) in [6.07, 6.45) is 1.63. The number of hydrogen-bond acceptors (Lipinski definition) is 5. The average Bonchev–Trinajstić information content (AvgIpc) is 2.84. The monoisotopic (exact) mass is 374 g/mol. The van der Waals surface area contributed by atoms with Crippen molar-refractivity contribution in [2.45, 2.75) is 39.2 Å². The third-order valence-corrected chi connectivity index (χ3v) is 4.24. The van der Waals surface area contributed by atoms with Crippen LogP contribution in [-0.2, 0) is 19.9 Å². The van der Waals surface area contributed by atoms with Gasteiger partial charge >= 0.3 is 12.0 Å². The first-order valence-corrected chi connectivity index (χ1v) is 8.95. The fraction of sp³-hybridized carbons (Fsp3) is 0.450. The lowest BCUT2D eigenvalue weighted by atomic mass is 9.92. The molecule has 1 heterocycles. The van der Waals surface area contributed by atoms with Gasteiger partial charge in [-0.25, -0.2) is 4.79 Å². The van der Waals surface area contributed by atoms with Crippen LogP contribution < -0.4 is 10.1 Å². The Morgan fingerprint density at radius 3 is 2.52 bits per heavy atom. The smallest absolute Gasteiger partial charge is 0.326 e. The van der Waals surface area contributed by atoms with Crippen LogP contribution in [0.1, 0.15) is 39.2 Å². The van der Waals surface area contributed by atoms with Gasteiger partial charge in [0.15, 0.2) is 0 Å². The van der Waals surface area contributed by atoms with Gasteiger partial charge in [-0.2, -0.15) is 0 Å². The van der Waals surface area contributed by atoms with Crippen LogP contribution >= 0.6 is 0 Å². The van der Waals surface area contributed by atoms with Crippen LogP contribution in [0.2, 0.25) is 0 Å². The van der Waals surface area contributed by atoms with E-state index < -0.39 is 30.0 Å². The maximum atomic E-state index is 12.8. The number of unbranched alkanes of at least 4 members (excludes halogenated alkanes) is 1. The highest BCUT2D eigenvalue weighted by atomic mass is 16.5. The second-order valence-electron chi connectivity index (χ2n) is 6.79. The molecule has 1 aromatic carbocycles. The van der Waals surface area contributed by atoms with E-state index in [1.807, 2.05) is 13.8 Å². The van der Waals surface area contributed by atoms with Crippen molar-refractivity contribution in [1.82, 2.24) is 10.2 Å². The number of esters is 1. The topological polar surface area (TPSA) is 84.9 Å². The fourth-order valence-corrected chi connectivity index (χ4v) is 2.63. The largest absolute Gasteiger partial charge is 0.489 e. The lowest BCUT2D eigenvalue weighted by Gasteiger charge is -2.22. The normalized spacial score (nSPS) is 19.0. The maximum Gasteiger partial charge on any atom is 0.326 e. The molecule has 1 atom stereocenters. The quantitative estimate of drug-likeness (QED) is 0.311. The number of amides is 3. The van der Waals surface area contributed by atoms with Crippen LogP contribution in [0.15, 0.2) is 36.4 Å². The van der Waals surface area contributed by atoms with Gasteiger partial charge in [-0.1, -0.05) is 32.1 Å². The molecule has 0 aromatic heterocycles. The molecule has 1 unspecified atom stereocenters. The van der Waals surface area contributed by atoms with E-state index in [4.69, 9.17) is 9.47 Å². The van der Waals surface area contributed by atoms with Gasteiger partial charge in [-0.05, 0) is 43.5 Å². The van der Waals surface area contributed by atoms with Gasteiger partial charge in [-0.3, -0.25) is 14.5 Å². The van der Waals surface area contributed by atoms with Crippen molar-refractivity contribution in [1.29, 1.82) is 0 Å². The first-order valence-electron chi connectivity index (χ1n) is 8.95. The van der Waals surface area contributed by atoms with Gasteiger partial charge < -0.3 is 14.8 Å². The SMILES string of the molecule is C=C(C)COc1ccc(C2(C)NC(=O)N(CC(=O)OCCCC)C2=O)cc1. The lowest BCUT2D eigenvalue weighted by Crippen LogP contribution is -2.41. The molecule has 146 valence electrons. The summed E-state index contributed by atoms with van der Waals surface area (Å²) in [5.74, 6) is -0.450. The minimum absolute atomic E-state index is 0.280. The molecule has 1 aromatic rings. The predicted octanol–water partition coefficient (Wildman–Crippen LogP) is 2.75. The zero-order chi connectivity index (χ0) is 20.0. The third-order valence-electron chi connectivity index (χ3n) is 4.24. The van der Waals surface area contributed by atoms with E-state index in [0.29, 0.717) is 17.9 Å². The molecule has 0 saturated carbocycles. The number of imide groups is 1. The first-order chi connectivity index (χ1) is 12.8. The first kappa shape index (κ1) is 20.5.